The number of benzene rings is 1. The van der Waals surface area contributed by atoms with Gasteiger partial charge in [-0.2, -0.15) is 11.8 Å². The minimum absolute atomic E-state index is 0.0132. The van der Waals surface area contributed by atoms with Crippen LogP contribution in [0.25, 0.3) is 0 Å². The van der Waals surface area contributed by atoms with Crippen LogP contribution in [-0.2, 0) is 11.3 Å². The minimum Gasteiger partial charge on any atom is -0.508 e. The van der Waals surface area contributed by atoms with Crippen LogP contribution in [0.5, 0.6) is 5.75 Å². The van der Waals surface area contributed by atoms with E-state index in [0.29, 0.717) is 12.3 Å². The molecule has 0 fully saturated rings. The average molecular weight is 211 g/mol. The summed E-state index contributed by atoms with van der Waals surface area (Å²) < 4.78 is 0. The van der Waals surface area contributed by atoms with Crippen LogP contribution in [0.15, 0.2) is 24.3 Å². The number of carbonyl (C=O) groups excluding carboxylic acids is 1. The van der Waals surface area contributed by atoms with Crippen molar-refractivity contribution in [2.24, 2.45) is 0 Å². The molecule has 0 aliphatic carbocycles. The molecule has 0 aliphatic rings. The molecule has 0 atom stereocenters. The highest BCUT2D eigenvalue weighted by Crippen LogP contribution is 2.14. The van der Waals surface area contributed by atoms with Crippen molar-refractivity contribution in [2.45, 2.75) is 6.54 Å². The highest BCUT2D eigenvalue weighted by Gasteiger charge is 2.02. The van der Waals surface area contributed by atoms with E-state index in [1.165, 1.54) is 11.8 Å². The Morgan fingerprint density at radius 1 is 1.50 bits per heavy atom. The van der Waals surface area contributed by atoms with Gasteiger partial charge in [-0.3, -0.25) is 4.79 Å². The maximum Gasteiger partial charge on any atom is 0.230 e. The van der Waals surface area contributed by atoms with E-state index in [1.54, 1.807) is 18.2 Å². The van der Waals surface area contributed by atoms with Gasteiger partial charge in [-0.25, -0.2) is 0 Å². The second kappa shape index (κ2) is 5.54. The van der Waals surface area contributed by atoms with Gasteiger partial charge in [0.2, 0.25) is 5.91 Å². The van der Waals surface area contributed by atoms with E-state index in [1.807, 2.05) is 12.3 Å². The maximum atomic E-state index is 11.1. The summed E-state index contributed by atoms with van der Waals surface area (Å²) >= 11 is 1.47. The molecule has 2 N–H and O–H groups in total. The highest BCUT2D eigenvalue weighted by atomic mass is 32.2. The molecule has 4 heteroatoms. The van der Waals surface area contributed by atoms with E-state index < -0.39 is 0 Å². The van der Waals surface area contributed by atoms with Crippen molar-refractivity contribution in [1.29, 1.82) is 0 Å². The van der Waals surface area contributed by atoms with Gasteiger partial charge in [0.1, 0.15) is 5.75 Å². The lowest BCUT2D eigenvalue weighted by Crippen LogP contribution is -2.24. The van der Waals surface area contributed by atoms with Gasteiger partial charge in [0.05, 0.1) is 5.75 Å². The maximum absolute atomic E-state index is 11.1. The third kappa shape index (κ3) is 3.30. The van der Waals surface area contributed by atoms with E-state index >= 15 is 0 Å². The predicted octanol–water partition coefficient (Wildman–Crippen LogP) is 1.37. The average Bonchev–Trinajstić information content (AvgIpc) is 2.17. The van der Waals surface area contributed by atoms with Crippen molar-refractivity contribution in [2.75, 3.05) is 12.0 Å². The molecule has 0 aromatic heterocycles. The molecule has 76 valence electrons. The van der Waals surface area contributed by atoms with E-state index in [2.05, 4.69) is 5.32 Å². The summed E-state index contributed by atoms with van der Waals surface area (Å²) in [5.41, 5.74) is 0.738. The first kappa shape index (κ1) is 10.9. The molecule has 0 saturated heterocycles. The third-order valence-electron chi connectivity index (χ3n) is 1.74. The van der Waals surface area contributed by atoms with Gasteiger partial charge >= 0.3 is 0 Å². The number of carbonyl (C=O) groups is 1. The number of hydrogen-bond donors (Lipinski definition) is 2. The Hall–Kier alpha value is -1.16. The Balaban J connectivity index is 2.46. The molecule has 0 unspecified atom stereocenters. The molecule has 0 spiro atoms. The van der Waals surface area contributed by atoms with E-state index in [-0.39, 0.29) is 11.7 Å². The Morgan fingerprint density at radius 3 is 2.86 bits per heavy atom. The number of thioether (sulfide) groups is 1. The quantitative estimate of drug-likeness (QED) is 0.791. The van der Waals surface area contributed by atoms with Crippen LogP contribution < -0.4 is 5.32 Å². The second-order valence-corrected chi connectivity index (χ2v) is 3.70. The third-order valence-corrected chi connectivity index (χ3v) is 2.29. The summed E-state index contributed by atoms with van der Waals surface area (Å²) in [6.07, 6.45) is 1.87. The molecule has 1 aromatic rings. The van der Waals surface area contributed by atoms with Crippen molar-refractivity contribution >= 4 is 17.7 Å². The fraction of sp³-hybridized carbons (Fsp3) is 0.300. The molecule has 3 nitrogen and oxygen atoms in total. The van der Waals surface area contributed by atoms with Crippen molar-refractivity contribution in [3.8, 4) is 5.75 Å². The second-order valence-electron chi connectivity index (χ2n) is 2.84. The van der Waals surface area contributed by atoms with Gasteiger partial charge in [0.25, 0.3) is 0 Å². The fourth-order valence-electron chi connectivity index (χ4n) is 1.04. The van der Waals surface area contributed by atoms with Gasteiger partial charge < -0.3 is 10.4 Å². The standard InChI is InChI=1S/C10H13NO2S/c1-14-7-10(13)11-6-8-4-2-3-5-9(8)12/h2-5,12H,6-7H2,1H3,(H,11,13). The summed E-state index contributed by atoms with van der Waals surface area (Å²) in [7, 11) is 0. The van der Waals surface area contributed by atoms with Crippen LogP contribution in [0.1, 0.15) is 5.56 Å². The molecule has 0 saturated carbocycles. The highest BCUT2D eigenvalue weighted by molar-refractivity contribution is 7.99. The lowest BCUT2D eigenvalue weighted by molar-refractivity contribution is -0.118. The Morgan fingerprint density at radius 2 is 2.21 bits per heavy atom. The van der Waals surface area contributed by atoms with Crippen molar-refractivity contribution < 1.29 is 9.90 Å². The zero-order chi connectivity index (χ0) is 10.4. The summed E-state index contributed by atoms with van der Waals surface area (Å²) in [6, 6.07) is 6.98. The fourth-order valence-corrected chi connectivity index (χ4v) is 1.40. The summed E-state index contributed by atoms with van der Waals surface area (Å²) in [5.74, 6) is 0.658. The zero-order valence-corrected chi connectivity index (χ0v) is 8.80. The molecule has 0 aliphatic heterocycles. The van der Waals surface area contributed by atoms with Crippen LogP contribution in [0.4, 0.5) is 0 Å². The Kier molecular flexibility index (Phi) is 4.32. The van der Waals surface area contributed by atoms with Gasteiger partial charge in [-0.1, -0.05) is 18.2 Å². The SMILES string of the molecule is CSCC(=O)NCc1ccccc1O. The number of nitrogens with one attached hydrogen (secondary N) is 1. The summed E-state index contributed by atoms with van der Waals surface area (Å²) in [5, 5.41) is 12.1. The molecular weight excluding hydrogens is 198 g/mol. The van der Waals surface area contributed by atoms with Crippen LogP contribution in [0.2, 0.25) is 0 Å². The van der Waals surface area contributed by atoms with E-state index in [0.717, 1.165) is 5.56 Å². The van der Waals surface area contributed by atoms with Gasteiger partial charge in [0.15, 0.2) is 0 Å². The number of para-hydroxylation sites is 1. The molecule has 1 aromatic carbocycles. The number of rotatable bonds is 4. The lowest BCUT2D eigenvalue weighted by Gasteiger charge is -2.05. The van der Waals surface area contributed by atoms with Crippen LogP contribution in [0.3, 0.4) is 0 Å². The van der Waals surface area contributed by atoms with Gasteiger partial charge in [-0.05, 0) is 12.3 Å². The molecule has 1 rings (SSSR count). The topological polar surface area (TPSA) is 49.3 Å². The number of hydrogen-bond acceptors (Lipinski definition) is 3. The molecule has 0 bridgehead atoms. The number of phenols is 1. The lowest BCUT2D eigenvalue weighted by atomic mass is 10.2. The molecular formula is C10H13NO2S. The van der Waals surface area contributed by atoms with E-state index in [9.17, 15) is 9.90 Å². The smallest absolute Gasteiger partial charge is 0.230 e. The Bertz CT molecular complexity index is 315. The summed E-state index contributed by atoms with van der Waals surface area (Å²) in [4.78, 5) is 11.1. The van der Waals surface area contributed by atoms with Crippen LogP contribution in [0, 0.1) is 0 Å². The van der Waals surface area contributed by atoms with Gasteiger partial charge in [0, 0.05) is 12.1 Å². The normalized spacial score (nSPS) is 9.79. The zero-order valence-electron chi connectivity index (χ0n) is 7.99. The largest absolute Gasteiger partial charge is 0.508 e. The molecule has 1 amide bonds. The van der Waals surface area contributed by atoms with Crippen molar-refractivity contribution in [3.63, 3.8) is 0 Å². The minimum atomic E-state index is -0.0132. The Labute approximate surface area is 87.5 Å². The molecule has 0 heterocycles. The first-order valence-electron chi connectivity index (χ1n) is 4.26. The first-order valence-corrected chi connectivity index (χ1v) is 5.66. The monoisotopic (exact) mass is 211 g/mol. The number of phenolic OH excluding ortho intramolecular Hbond substituents is 1. The first-order chi connectivity index (χ1) is 6.74. The van der Waals surface area contributed by atoms with Gasteiger partial charge in [-0.15, -0.1) is 0 Å². The van der Waals surface area contributed by atoms with E-state index in [4.69, 9.17) is 0 Å². The summed E-state index contributed by atoms with van der Waals surface area (Å²) in [6.45, 7) is 0.381. The molecule has 0 radical (unpaired) electrons. The predicted molar refractivity (Wildman–Crippen MR) is 58.3 cm³/mol. The van der Waals surface area contributed by atoms with Crippen LogP contribution in [-0.4, -0.2) is 23.0 Å². The molecule has 14 heavy (non-hydrogen) atoms. The van der Waals surface area contributed by atoms with Crippen LogP contribution >= 0.6 is 11.8 Å². The number of aromatic hydroxyl groups is 1. The number of amides is 1. The van der Waals surface area contributed by atoms with Crippen molar-refractivity contribution in [1.82, 2.24) is 5.32 Å². The van der Waals surface area contributed by atoms with Crippen molar-refractivity contribution in [3.05, 3.63) is 29.8 Å².